The summed E-state index contributed by atoms with van der Waals surface area (Å²) in [4.78, 5) is 3.66. The number of nitrogens with zero attached hydrogens (tertiary/aromatic N) is 1. The number of thiophene rings is 1. The van der Waals surface area contributed by atoms with Crippen molar-refractivity contribution in [3.05, 3.63) is 22.4 Å². The van der Waals surface area contributed by atoms with Crippen LogP contribution >= 0.6 is 11.3 Å². The van der Waals surface area contributed by atoms with E-state index in [-0.39, 0.29) is 0 Å². The van der Waals surface area contributed by atoms with Crippen LogP contribution < -0.4 is 5.32 Å². The van der Waals surface area contributed by atoms with Crippen molar-refractivity contribution in [1.29, 1.82) is 0 Å². The SMILES string of the molecule is CN(C)CCNCCc1cccs1. The van der Waals surface area contributed by atoms with E-state index in [4.69, 9.17) is 0 Å². The summed E-state index contributed by atoms with van der Waals surface area (Å²) in [7, 11) is 4.20. The highest BCUT2D eigenvalue weighted by Crippen LogP contribution is 2.07. The molecule has 0 aromatic carbocycles. The monoisotopic (exact) mass is 198 g/mol. The lowest BCUT2D eigenvalue weighted by atomic mass is 10.3. The first-order valence-electron chi connectivity index (χ1n) is 4.67. The molecule has 1 rings (SSSR count). The fourth-order valence-corrected chi connectivity index (χ4v) is 1.80. The van der Waals surface area contributed by atoms with E-state index in [9.17, 15) is 0 Å². The van der Waals surface area contributed by atoms with Gasteiger partial charge >= 0.3 is 0 Å². The normalized spacial score (nSPS) is 11.0. The van der Waals surface area contributed by atoms with Crippen LogP contribution in [-0.2, 0) is 6.42 Å². The Labute approximate surface area is 84.6 Å². The Balaban J connectivity index is 1.96. The van der Waals surface area contributed by atoms with Crippen LogP contribution in [0.2, 0.25) is 0 Å². The zero-order valence-corrected chi connectivity index (χ0v) is 9.23. The Morgan fingerprint density at radius 1 is 1.38 bits per heavy atom. The molecule has 0 saturated heterocycles. The van der Waals surface area contributed by atoms with Crippen LogP contribution in [0.5, 0.6) is 0 Å². The fraction of sp³-hybridized carbons (Fsp3) is 0.600. The Bertz CT molecular complexity index is 207. The summed E-state index contributed by atoms with van der Waals surface area (Å²) in [5.74, 6) is 0. The number of nitrogens with one attached hydrogen (secondary N) is 1. The van der Waals surface area contributed by atoms with E-state index in [1.165, 1.54) is 4.88 Å². The molecule has 1 aromatic heterocycles. The second kappa shape index (κ2) is 6.13. The summed E-state index contributed by atoms with van der Waals surface area (Å²) in [6.07, 6.45) is 1.16. The van der Waals surface area contributed by atoms with Gasteiger partial charge < -0.3 is 10.2 Å². The number of hydrogen-bond acceptors (Lipinski definition) is 3. The Kier molecular flexibility index (Phi) is 5.05. The zero-order valence-electron chi connectivity index (χ0n) is 8.42. The summed E-state index contributed by atoms with van der Waals surface area (Å²) >= 11 is 1.84. The molecule has 0 unspecified atom stereocenters. The average molecular weight is 198 g/mol. The number of likely N-dealkylation sites (N-methyl/N-ethyl adjacent to an activating group) is 1. The summed E-state index contributed by atoms with van der Waals surface area (Å²) in [6.45, 7) is 3.29. The van der Waals surface area contributed by atoms with Crippen LogP contribution in [-0.4, -0.2) is 38.6 Å². The van der Waals surface area contributed by atoms with Crippen molar-refractivity contribution in [2.24, 2.45) is 0 Å². The molecule has 2 nitrogen and oxygen atoms in total. The standard InChI is InChI=1S/C10H18N2S/c1-12(2)8-7-11-6-5-10-4-3-9-13-10/h3-4,9,11H,5-8H2,1-2H3. The molecule has 0 aliphatic heterocycles. The van der Waals surface area contributed by atoms with Gasteiger partial charge in [-0.05, 0) is 32.0 Å². The van der Waals surface area contributed by atoms with E-state index in [0.29, 0.717) is 0 Å². The molecule has 1 heterocycles. The molecule has 0 bridgehead atoms. The van der Waals surface area contributed by atoms with Gasteiger partial charge in [-0.2, -0.15) is 0 Å². The lowest BCUT2D eigenvalue weighted by Crippen LogP contribution is -2.27. The van der Waals surface area contributed by atoms with Gasteiger partial charge in [0.15, 0.2) is 0 Å². The molecule has 0 aliphatic carbocycles. The van der Waals surface area contributed by atoms with Crippen molar-refractivity contribution >= 4 is 11.3 Å². The molecule has 1 N–H and O–H groups in total. The minimum atomic E-state index is 1.08. The Hall–Kier alpha value is -0.380. The van der Waals surface area contributed by atoms with E-state index in [2.05, 4.69) is 41.8 Å². The number of hydrogen-bond donors (Lipinski definition) is 1. The molecule has 0 spiro atoms. The maximum Gasteiger partial charge on any atom is 0.0101 e. The lowest BCUT2D eigenvalue weighted by molar-refractivity contribution is 0.401. The van der Waals surface area contributed by atoms with Gasteiger partial charge in [0.1, 0.15) is 0 Å². The second-order valence-electron chi connectivity index (χ2n) is 3.38. The molecular formula is C10H18N2S. The van der Waals surface area contributed by atoms with E-state index >= 15 is 0 Å². The van der Waals surface area contributed by atoms with E-state index < -0.39 is 0 Å². The molecule has 0 radical (unpaired) electrons. The molecule has 0 fully saturated rings. The first-order chi connectivity index (χ1) is 6.29. The predicted octanol–water partition coefficient (Wildman–Crippen LogP) is 1.44. The van der Waals surface area contributed by atoms with Crippen molar-refractivity contribution < 1.29 is 0 Å². The van der Waals surface area contributed by atoms with Gasteiger partial charge in [-0.25, -0.2) is 0 Å². The highest BCUT2D eigenvalue weighted by molar-refractivity contribution is 7.09. The van der Waals surface area contributed by atoms with Crippen molar-refractivity contribution in [3.63, 3.8) is 0 Å². The van der Waals surface area contributed by atoms with Gasteiger partial charge in [-0.1, -0.05) is 6.07 Å². The Morgan fingerprint density at radius 3 is 2.85 bits per heavy atom. The Morgan fingerprint density at radius 2 is 2.23 bits per heavy atom. The molecular weight excluding hydrogens is 180 g/mol. The molecule has 0 amide bonds. The third kappa shape index (κ3) is 5.03. The fourth-order valence-electron chi connectivity index (χ4n) is 1.09. The van der Waals surface area contributed by atoms with Crippen LogP contribution in [0.15, 0.2) is 17.5 Å². The van der Waals surface area contributed by atoms with Crippen LogP contribution in [0.25, 0.3) is 0 Å². The van der Waals surface area contributed by atoms with Gasteiger partial charge in [0, 0.05) is 24.5 Å². The molecule has 1 aromatic rings. The average Bonchev–Trinajstić information content (AvgIpc) is 2.55. The topological polar surface area (TPSA) is 15.3 Å². The predicted molar refractivity (Wildman–Crippen MR) is 59.4 cm³/mol. The maximum absolute atomic E-state index is 3.42. The van der Waals surface area contributed by atoms with Gasteiger partial charge in [0.05, 0.1) is 0 Å². The van der Waals surface area contributed by atoms with Crippen LogP contribution in [0.1, 0.15) is 4.88 Å². The molecule has 74 valence electrons. The van der Waals surface area contributed by atoms with Gasteiger partial charge in [0.25, 0.3) is 0 Å². The third-order valence-corrected chi connectivity index (χ3v) is 2.80. The van der Waals surface area contributed by atoms with E-state index in [0.717, 1.165) is 26.1 Å². The van der Waals surface area contributed by atoms with Crippen LogP contribution in [0, 0.1) is 0 Å². The smallest absolute Gasteiger partial charge is 0.0101 e. The van der Waals surface area contributed by atoms with Crippen molar-refractivity contribution in [1.82, 2.24) is 10.2 Å². The minimum absolute atomic E-state index is 1.08. The summed E-state index contributed by atoms with van der Waals surface area (Å²) in [5.41, 5.74) is 0. The van der Waals surface area contributed by atoms with Gasteiger partial charge in [-0.15, -0.1) is 11.3 Å². The molecule has 0 atom stereocenters. The van der Waals surface area contributed by atoms with Crippen molar-refractivity contribution in [3.8, 4) is 0 Å². The lowest BCUT2D eigenvalue weighted by Gasteiger charge is -2.09. The summed E-state index contributed by atoms with van der Waals surface area (Å²) in [5, 5.41) is 5.55. The van der Waals surface area contributed by atoms with E-state index in [1.54, 1.807) is 0 Å². The molecule has 13 heavy (non-hydrogen) atoms. The minimum Gasteiger partial charge on any atom is -0.315 e. The zero-order chi connectivity index (χ0) is 9.52. The van der Waals surface area contributed by atoms with Crippen molar-refractivity contribution in [2.75, 3.05) is 33.7 Å². The second-order valence-corrected chi connectivity index (χ2v) is 4.41. The summed E-state index contributed by atoms with van der Waals surface area (Å²) in [6, 6.07) is 4.30. The third-order valence-electron chi connectivity index (χ3n) is 1.86. The highest BCUT2D eigenvalue weighted by Gasteiger charge is 1.93. The molecule has 3 heteroatoms. The maximum atomic E-state index is 3.42. The first kappa shape index (κ1) is 10.7. The quantitative estimate of drug-likeness (QED) is 0.696. The van der Waals surface area contributed by atoms with Gasteiger partial charge in [0.2, 0.25) is 0 Å². The van der Waals surface area contributed by atoms with Crippen molar-refractivity contribution in [2.45, 2.75) is 6.42 Å². The van der Waals surface area contributed by atoms with E-state index in [1.807, 2.05) is 11.3 Å². The van der Waals surface area contributed by atoms with Gasteiger partial charge in [-0.3, -0.25) is 0 Å². The molecule has 0 saturated carbocycles. The van der Waals surface area contributed by atoms with Crippen LogP contribution in [0.4, 0.5) is 0 Å². The highest BCUT2D eigenvalue weighted by atomic mass is 32.1. The molecule has 0 aliphatic rings. The number of rotatable bonds is 6. The first-order valence-corrected chi connectivity index (χ1v) is 5.55. The summed E-state index contributed by atoms with van der Waals surface area (Å²) < 4.78 is 0. The van der Waals surface area contributed by atoms with Crippen LogP contribution in [0.3, 0.4) is 0 Å². The largest absolute Gasteiger partial charge is 0.315 e.